The highest BCUT2D eigenvalue weighted by Gasteiger charge is 2.10. The molecule has 0 aliphatic carbocycles. The van der Waals surface area contributed by atoms with Crippen LogP contribution in [0.15, 0.2) is 33.9 Å². The predicted octanol–water partition coefficient (Wildman–Crippen LogP) is 3.73. The lowest BCUT2D eigenvalue weighted by atomic mass is 10.2. The number of nitrogens with zero attached hydrogens (tertiary/aromatic N) is 3. The van der Waals surface area contributed by atoms with E-state index in [0.717, 1.165) is 12.2 Å². The maximum atomic E-state index is 12.0. The maximum Gasteiger partial charge on any atom is 0.387 e. The van der Waals surface area contributed by atoms with Crippen LogP contribution in [-0.4, -0.2) is 22.6 Å². The Balaban J connectivity index is 1.96. The smallest absolute Gasteiger partial charge is 0.387 e. The van der Waals surface area contributed by atoms with Crippen molar-refractivity contribution in [1.82, 2.24) is 10.2 Å². The van der Waals surface area contributed by atoms with Gasteiger partial charge in [0, 0.05) is 17.7 Å². The van der Waals surface area contributed by atoms with Crippen LogP contribution in [-0.2, 0) is 0 Å². The van der Waals surface area contributed by atoms with Crippen LogP contribution in [0.3, 0.4) is 0 Å². The van der Waals surface area contributed by atoms with Crippen molar-refractivity contribution in [3.8, 4) is 23.3 Å². The molecule has 0 atom stereocenters. The summed E-state index contributed by atoms with van der Waals surface area (Å²) in [5, 5.41) is 16.6. The molecular formula is C13H11F2N3O2S. The van der Waals surface area contributed by atoms with Crippen LogP contribution >= 0.6 is 11.8 Å². The van der Waals surface area contributed by atoms with Crippen molar-refractivity contribution in [1.29, 1.82) is 5.26 Å². The lowest BCUT2D eigenvalue weighted by Gasteiger charge is -2.03. The summed E-state index contributed by atoms with van der Waals surface area (Å²) in [6.07, 6.45) is 1.23. The lowest BCUT2D eigenvalue weighted by Crippen LogP contribution is -2.01. The van der Waals surface area contributed by atoms with E-state index in [1.807, 2.05) is 0 Å². The Morgan fingerprint density at radius 1 is 1.29 bits per heavy atom. The summed E-state index contributed by atoms with van der Waals surface area (Å²) in [7, 11) is 0. The number of benzene rings is 1. The van der Waals surface area contributed by atoms with Gasteiger partial charge < -0.3 is 9.15 Å². The number of rotatable bonds is 7. The van der Waals surface area contributed by atoms with Gasteiger partial charge in [-0.15, -0.1) is 10.2 Å². The number of halogens is 2. The van der Waals surface area contributed by atoms with Crippen LogP contribution in [0, 0.1) is 11.3 Å². The Labute approximate surface area is 123 Å². The minimum Gasteiger partial charge on any atom is -0.435 e. The monoisotopic (exact) mass is 311 g/mol. The van der Waals surface area contributed by atoms with E-state index >= 15 is 0 Å². The van der Waals surface area contributed by atoms with Crippen molar-refractivity contribution in [3.05, 3.63) is 24.3 Å². The summed E-state index contributed by atoms with van der Waals surface area (Å²) < 4.78 is 33.8. The van der Waals surface area contributed by atoms with E-state index in [-0.39, 0.29) is 5.75 Å². The Morgan fingerprint density at radius 2 is 2.05 bits per heavy atom. The van der Waals surface area contributed by atoms with Crippen molar-refractivity contribution < 1.29 is 17.9 Å². The highest BCUT2D eigenvalue weighted by molar-refractivity contribution is 7.99. The van der Waals surface area contributed by atoms with Gasteiger partial charge in [0.2, 0.25) is 5.89 Å². The predicted molar refractivity (Wildman–Crippen MR) is 71.9 cm³/mol. The summed E-state index contributed by atoms with van der Waals surface area (Å²) in [5.41, 5.74) is 0.619. The zero-order valence-corrected chi connectivity index (χ0v) is 11.6. The van der Waals surface area contributed by atoms with Gasteiger partial charge in [0.1, 0.15) is 5.75 Å². The van der Waals surface area contributed by atoms with E-state index in [0.29, 0.717) is 23.1 Å². The van der Waals surface area contributed by atoms with Crippen molar-refractivity contribution in [2.75, 3.05) is 5.75 Å². The number of aromatic nitrogens is 2. The SMILES string of the molecule is N#CCCCSc1nnc(-c2ccc(OC(F)F)cc2)o1. The van der Waals surface area contributed by atoms with Crippen molar-refractivity contribution in [2.24, 2.45) is 0 Å². The molecule has 0 fully saturated rings. The molecule has 0 aliphatic heterocycles. The van der Waals surface area contributed by atoms with Crippen LogP contribution < -0.4 is 4.74 Å². The molecule has 1 heterocycles. The Hall–Kier alpha value is -2.14. The Kier molecular flexibility index (Phi) is 5.51. The van der Waals surface area contributed by atoms with E-state index in [2.05, 4.69) is 21.0 Å². The molecule has 1 aromatic heterocycles. The van der Waals surface area contributed by atoms with E-state index < -0.39 is 6.61 Å². The first kappa shape index (κ1) is 15.3. The van der Waals surface area contributed by atoms with E-state index in [1.54, 1.807) is 12.1 Å². The molecule has 0 amide bonds. The van der Waals surface area contributed by atoms with E-state index in [9.17, 15) is 8.78 Å². The molecule has 8 heteroatoms. The number of unbranched alkanes of at least 4 members (excludes halogenated alkanes) is 1. The van der Waals surface area contributed by atoms with Crippen LogP contribution in [0.25, 0.3) is 11.5 Å². The van der Waals surface area contributed by atoms with Crippen molar-refractivity contribution >= 4 is 11.8 Å². The number of nitriles is 1. The zero-order chi connectivity index (χ0) is 15.1. The average molecular weight is 311 g/mol. The second-order valence-corrected chi connectivity index (χ2v) is 4.93. The fourth-order valence-electron chi connectivity index (χ4n) is 1.47. The molecule has 0 saturated carbocycles. The van der Waals surface area contributed by atoms with Crippen LogP contribution in [0.2, 0.25) is 0 Å². The quantitative estimate of drug-likeness (QED) is 0.573. The van der Waals surface area contributed by atoms with Gasteiger partial charge >= 0.3 is 6.61 Å². The minimum absolute atomic E-state index is 0.0689. The molecule has 0 aliphatic rings. The highest BCUT2D eigenvalue weighted by atomic mass is 32.2. The number of alkyl halides is 2. The second-order valence-electron chi connectivity index (χ2n) is 3.89. The van der Waals surface area contributed by atoms with Gasteiger partial charge in [-0.2, -0.15) is 14.0 Å². The molecule has 0 saturated heterocycles. The molecule has 0 radical (unpaired) electrons. The highest BCUT2D eigenvalue weighted by Crippen LogP contribution is 2.25. The lowest BCUT2D eigenvalue weighted by molar-refractivity contribution is -0.0498. The van der Waals surface area contributed by atoms with Gasteiger partial charge in [-0.3, -0.25) is 0 Å². The summed E-state index contributed by atoms with van der Waals surface area (Å²) in [6, 6.07) is 8.00. The van der Waals surface area contributed by atoms with E-state index in [1.165, 1.54) is 23.9 Å². The fourth-order valence-corrected chi connectivity index (χ4v) is 2.17. The molecule has 0 spiro atoms. The van der Waals surface area contributed by atoms with E-state index in [4.69, 9.17) is 9.68 Å². The van der Waals surface area contributed by atoms with Gasteiger partial charge in [0.25, 0.3) is 5.22 Å². The third-order valence-electron chi connectivity index (χ3n) is 2.39. The van der Waals surface area contributed by atoms with Crippen molar-refractivity contribution in [2.45, 2.75) is 24.7 Å². The molecule has 110 valence electrons. The average Bonchev–Trinajstić information content (AvgIpc) is 2.93. The molecule has 0 unspecified atom stereocenters. The standard InChI is InChI=1S/C13H11F2N3O2S/c14-12(15)19-10-5-3-9(4-6-10)11-17-18-13(20-11)21-8-2-1-7-16/h3-6,12H,1-2,8H2. The van der Waals surface area contributed by atoms with Gasteiger partial charge in [0.05, 0.1) is 6.07 Å². The van der Waals surface area contributed by atoms with Gasteiger partial charge in [-0.25, -0.2) is 0 Å². The van der Waals surface area contributed by atoms with Gasteiger partial charge in [0.15, 0.2) is 0 Å². The number of thioether (sulfide) groups is 1. The van der Waals surface area contributed by atoms with Gasteiger partial charge in [-0.05, 0) is 30.7 Å². The molecular weight excluding hydrogens is 300 g/mol. The number of hydrogen-bond acceptors (Lipinski definition) is 6. The number of hydrogen-bond donors (Lipinski definition) is 0. The summed E-state index contributed by atoms with van der Waals surface area (Å²) in [5.74, 6) is 1.09. The Morgan fingerprint density at radius 3 is 2.71 bits per heavy atom. The third-order valence-corrected chi connectivity index (χ3v) is 3.30. The minimum atomic E-state index is -2.85. The molecule has 5 nitrogen and oxygen atoms in total. The van der Waals surface area contributed by atoms with Crippen LogP contribution in [0.5, 0.6) is 5.75 Å². The normalized spacial score (nSPS) is 10.6. The Bertz CT molecular complexity index is 611. The third kappa shape index (κ3) is 4.72. The van der Waals surface area contributed by atoms with Crippen LogP contribution in [0.4, 0.5) is 8.78 Å². The molecule has 21 heavy (non-hydrogen) atoms. The molecule has 2 aromatic rings. The maximum absolute atomic E-state index is 12.0. The largest absolute Gasteiger partial charge is 0.435 e. The summed E-state index contributed by atoms with van der Waals surface area (Å²) >= 11 is 1.37. The van der Waals surface area contributed by atoms with Crippen LogP contribution in [0.1, 0.15) is 12.8 Å². The first-order valence-corrected chi connectivity index (χ1v) is 7.06. The van der Waals surface area contributed by atoms with Gasteiger partial charge in [-0.1, -0.05) is 11.8 Å². The number of ether oxygens (including phenoxy) is 1. The summed E-state index contributed by atoms with van der Waals surface area (Å²) in [4.78, 5) is 0. The van der Waals surface area contributed by atoms with Crippen molar-refractivity contribution in [3.63, 3.8) is 0 Å². The zero-order valence-electron chi connectivity index (χ0n) is 10.8. The second kappa shape index (κ2) is 7.59. The first-order valence-electron chi connectivity index (χ1n) is 6.07. The molecule has 2 rings (SSSR count). The topological polar surface area (TPSA) is 71.9 Å². The summed E-state index contributed by atoms with van der Waals surface area (Å²) in [6.45, 7) is -2.85. The molecule has 0 bridgehead atoms. The fraction of sp³-hybridized carbons (Fsp3) is 0.308. The molecule has 1 aromatic carbocycles. The first-order chi connectivity index (χ1) is 10.2. The molecule has 0 N–H and O–H groups in total.